The van der Waals surface area contributed by atoms with Crippen LogP contribution in [0.25, 0.3) is 0 Å². The minimum atomic E-state index is -0.0643. The zero-order chi connectivity index (χ0) is 15.0. The minimum absolute atomic E-state index is 0.0643. The lowest BCUT2D eigenvalue weighted by molar-refractivity contribution is -0.114. The van der Waals surface area contributed by atoms with Crippen molar-refractivity contribution in [2.45, 2.75) is 33.1 Å². The van der Waals surface area contributed by atoms with Gasteiger partial charge in [-0.15, -0.1) is 0 Å². The van der Waals surface area contributed by atoms with Crippen LogP contribution in [0.5, 0.6) is 5.75 Å². The van der Waals surface area contributed by atoms with Gasteiger partial charge in [0.15, 0.2) is 0 Å². The van der Waals surface area contributed by atoms with Crippen molar-refractivity contribution in [1.82, 2.24) is 4.90 Å². The van der Waals surface area contributed by atoms with Gasteiger partial charge in [0.05, 0.1) is 0 Å². The number of hydrogen-bond acceptors (Lipinski definition) is 3. The maximum atomic E-state index is 11.1. The van der Waals surface area contributed by atoms with Crippen LogP contribution in [0.2, 0.25) is 0 Å². The molecule has 0 saturated heterocycles. The van der Waals surface area contributed by atoms with Crippen LogP contribution in [0.1, 0.15) is 32.3 Å². The number of unbranched alkanes of at least 4 members (excludes halogenated alkanes) is 1. The van der Waals surface area contributed by atoms with E-state index in [1.54, 1.807) is 0 Å². The van der Waals surface area contributed by atoms with Gasteiger partial charge in [-0.2, -0.15) is 0 Å². The number of nitrogens with zero attached hydrogens (tertiary/aromatic N) is 1. The molecule has 0 fully saturated rings. The molecule has 0 aromatic heterocycles. The van der Waals surface area contributed by atoms with Crippen molar-refractivity contribution in [3.8, 4) is 5.75 Å². The SMILES string of the molecule is CCCCc1ccc(NC(C)=O)cc1OCCN(C)C. The second kappa shape index (κ2) is 8.59. The Morgan fingerprint density at radius 3 is 2.70 bits per heavy atom. The molecule has 4 heteroatoms. The molecule has 0 radical (unpaired) electrons. The van der Waals surface area contributed by atoms with Crippen molar-refractivity contribution in [1.29, 1.82) is 0 Å². The molecule has 1 aromatic rings. The molecule has 0 spiro atoms. The number of aryl methyl sites for hydroxylation is 1. The Labute approximate surface area is 122 Å². The Hall–Kier alpha value is -1.55. The third kappa shape index (κ3) is 6.06. The van der Waals surface area contributed by atoms with E-state index in [0.717, 1.165) is 37.2 Å². The second-order valence-corrected chi connectivity index (χ2v) is 5.26. The molecule has 1 amide bonds. The lowest BCUT2D eigenvalue weighted by Crippen LogP contribution is -2.19. The summed E-state index contributed by atoms with van der Waals surface area (Å²) in [5, 5.41) is 2.80. The molecule has 4 nitrogen and oxygen atoms in total. The highest BCUT2D eigenvalue weighted by Crippen LogP contribution is 2.25. The number of hydrogen-bond donors (Lipinski definition) is 1. The van der Waals surface area contributed by atoms with Crippen LogP contribution in [0.4, 0.5) is 5.69 Å². The molecule has 0 heterocycles. The first-order chi connectivity index (χ1) is 9.52. The van der Waals surface area contributed by atoms with Gasteiger partial charge in [-0.1, -0.05) is 19.4 Å². The monoisotopic (exact) mass is 278 g/mol. The van der Waals surface area contributed by atoms with Gasteiger partial charge in [-0.25, -0.2) is 0 Å². The molecule has 0 atom stereocenters. The van der Waals surface area contributed by atoms with Gasteiger partial charge in [0.2, 0.25) is 5.91 Å². The van der Waals surface area contributed by atoms with Gasteiger partial charge >= 0.3 is 0 Å². The van der Waals surface area contributed by atoms with Gasteiger partial charge in [0.25, 0.3) is 0 Å². The average Bonchev–Trinajstić information content (AvgIpc) is 2.36. The summed E-state index contributed by atoms with van der Waals surface area (Å²) in [6.07, 6.45) is 3.31. The molecule has 0 aliphatic heterocycles. The fourth-order valence-electron chi connectivity index (χ4n) is 1.88. The Balaban J connectivity index is 2.78. The van der Waals surface area contributed by atoms with E-state index in [2.05, 4.69) is 17.1 Å². The van der Waals surface area contributed by atoms with E-state index in [1.165, 1.54) is 12.5 Å². The minimum Gasteiger partial charge on any atom is -0.492 e. The summed E-state index contributed by atoms with van der Waals surface area (Å²) in [7, 11) is 4.05. The molecule has 20 heavy (non-hydrogen) atoms. The molecular formula is C16H26N2O2. The van der Waals surface area contributed by atoms with E-state index in [0.29, 0.717) is 6.61 Å². The van der Waals surface area contributed by atoms with Crippen LogP contribution in [-0.2, 0) is 11.2 Å². The van der Waals surface area contributed by atoms with Crippen LogP contribution in [-0.4, -0.2) is 38.1 Å². The number of amides is 1. The largest absolute Gasteiger partial charge is 0.492 e. The Bertz CT molecular complexity index is 430. The molecule has 0 saturated carbocycles. The highest BCUT2D eigenvalue weighted by Gasteiger charge is 2.06. The summed E-state index contributed by atoms with van der Waals surface area (Å²) in [5.41, 5.74) is 2.00. The molecule has 0 bridgehead atoms. The third-order valence-electron chi connectivity index (χ3n) is 2.98. The smallest absolute Gasteiger partial charge is 0.221 e. The van der Waals surface area contributed by atoms with Gasteiger partial charge in [-0.05, 0) is 38.6 Å². The van der Waals surface area contributed by atoms with Crippen molar-refractivity contribution in [2.75, 3.05) is 32.6 Å². The number of ether oxygens (including phenoxy) is 1. The zero-order valence-electron chi connectivity index (χ0n) is 13.0. The van der Waals surface area contributed by atoms with Crippen LogP contribution in [0.3, 0.4) is 0 Å². The number of benzene rings is 1. The topological polar surface area (TPSA) is 41.6 Å². The maximum Gasteiger partial charge on any atom is 0.221 e. The summed E-state index contributed by atoms with van der Waals surface area (Å²) in [6.45, 7) is 5.21. The molecule has 0 unspecified atom stereocenters. The van der Waals surface area contributed by atoms with Crippen LogP contribution >= 0.6 is 0 Å². The number of rotatable bonds is 8. The van der Waals surface area contributed by atoms with Crippen LogP contribution in [0.15, 0.2) is 18.2 Å². The molecule has 1 N–H and O–H groups in total. The lowest BCUT2D eigenvalue weighted by atomic mass is 10.1. The molecule has 1 rings (SSSR count). The molecular weight excluding hydrogens is 252 g/mol. The predicted molar refractivity (Wildman–Crippen MR) is 83.4 cm³/mol. The summed E-state index contributed by atoms with van der Waals surface area (Å²) in [5.74, 6) is 0.817. The lowest BCUT2D eigenvalue weighted by Gasteiger charge is -2.15. The van der Waals surface area contributed by atoms with Crippen molar-refractivity contribution < 1.29 is 9.53 Å². The van der Waals surface area contributed by atoms with Gasteiger partial charge in [0.1, 0.15) is 12.4 Å². The Morgan fingerprint density at radius 2 is 2.10 bits per heavy atom. The van der Waals surface area contributed by atoms with Crippen molar-refractivity contribution in [3.63, 3.8) is 0 Å². The molecule has 112 valence electrons. The van der Waals surface area contributed by atoms with Crippen LogP contribution in [0, 0.1) is 0 Å². The van der Waals surface area contributed by atoms with E-state index < -0.39 is 0 Å². The fourth-order valence-corrected chi connectivity index (χ4v) is 1.88. The molecule has 0 aliphatic rings. The third-order valence-corrected chi connectivity index (χ3v) is 2.98. The number of carbonyl (C=O) groups excluding carboxylic acids is 1. The highest BCUT2D eigenvalue weighted by molar-refractivity contribution is 5.88. The predicted octanol–water partition coefficient (Wildman–Crippen LogP) is 2.93. The van der Waals surface area contributed by atoms with E-state index in [-0.39, 0.29) is 5.91 Å². The van der Waals surface area contributed by atoms with Crippen molar-refractivity contribution >= 4 is 11.6 Å². The van der Waals surface area contributed by atoms with Gasteiger partial charge in [0, 0.05) is 25.2 Å². The summed E-state index contributed by atoms with van der Waals surface area (Å²) >= 11 is 0. The quantitative estimate of drug-likeness (QED) is 0.795. The van der Waals surface area contributed by atoms with E-state index in [9.17, 15) is 4.79 Å². The number of likely N-dealkylation sites (N-methyl/N-ethyl adjacent to an activating group) is 1. The van der Waals surface area contributed by atoms with E-state index >= 15 is 0 Å². The fraction of sp³-hybridized carbons (Fsp3) is 0.562. The molecule has 0 aliphatic carbocycles. The van der Waals surface area contributed by atoms with Gasteiger partial charge < -0.3 is 15.0 Å². The number of anilines is 1. The highest BCUT2D eigenvalue weighted by atomic mass is 16.5. The number of nitrogens with one attached hydrogen (secondary N) is 1. The zero-order valence-corrected chi connectivity index (χ0v) is 13.0. The standard InChI is InChI=1S/C16H26N2O2/c1-5-6-7-14-8-9-15(17-13(2)19)12-16(14)20-11-10-18(3)4/h8-9,12H,5-7,10-11H2,1-4H3,(H,17,19). The Morgan fingerprint density at radius 1 is 1.35 bits per heavy atom. The maximum absolute atomic E-state index is 11.1. The van der Waals surface area contributed by atoms with E-state index in [4.69, 9.17) is 4.74 Å². The Kier molecular flexibility index (Phi) is 7.09. The van der Waals surface area contributed by atoms with Crippen molar-refractivity contribution in [2.24, 2.45) is 0 Å². The van der Waals surface area contributed by atoms with Gasteiger partial charge in [-0.3, -0.25) is 4.79 Å². The second-order valence-electron chi connectivity index (χ2n) is 5.26. The normalized spacial score (nSPS) is 10.7. The number of carbonyl (C=O) groups is 1. The average molecular weight is 278 g/mol. The summed E-state index contributed by atoms with van der Waals surface area (Å²) in [4.78, 5) is 13.2. The van der Waals surface area contributed by atoms with E-state index in [1.807, 2.05) is 32.3 Å². The first kappa shape index (κ1) is 16.5. The first-order valence-electron chi connectivity index (χ1n) is 7.21. The van der Waals surface area contributed by atoms with Crippen molar-refractivity contribution in [3.05, 3.63) is 23.8 Å². The summed E-state index contributed by atoms with van der Waals surface area (Å²) < 4.78 is 5.87. The molecule has 1 aromatic carbocycles. The summed E-state index contributed by atoms with van der Waals surface area (Å²) in [6, 6.07) is 5.90. The van der Waals surface area contributed by atoms with Crippen LogP contribution < -0.4 is 10.1 Å². The first-order valence-corrected chi connectivity index (χ1v) is 7.21.